The molecule has 0 spiro atoms. The van der Waals surface area contributed by atoms with Gasteiger partial charge in [-0.3, -0.25) is 4.79 Å². The number of rotatable bonds is 4. The first-order valence-corrected chi connectivity index (χ1v) is 9.84. The molecule has 4 aromatic rings. The first-order valence-electron chi connectivity index (χ1n) is 8.96. The van der Waals surface area contributed by atoms with E-state index >= 15 is 0 Å². The van der Waals surface area contributed by atoms with Gasteiger partial charge in [0.1, 0.15) is 11.6 Å². The smallest absolute Gasteiger partial charge is 0.254 e. The minimum atomic E-state index is -0.410. The summed E-state index contributed by atoms with van der Waals surface area (Å²) in [7, 11) is 1.72. The lowest BCUT2D eigenvalue weighted by atomic mass is 10.0. The van der Waals surface area contributed by atoms with Crippen molar-refractivity contribution in [2.75, 3.05) is 7.05 Å². The third-order valence-corrected chi connectivity index (χ3v) is 5.31. The van der Waals surface area contributed by atoms with E-state index in [1.807, 2.05) is 12.3 Å². The molecule has 0 saturated carbocycles. The molecule has 0 fully saturated rings. The zero-order valence-corrected chi connectivity index (χ0v) is 17.0. The molecule has 3 aromatic heterocycles. The number of nitrogens with zero attached hydrogens (tertiary/aromatic N) is 5. The largest absolute Gasteiger partial charge is 0.336 e. The Morgan fingerprint density at radius 3 is 2.59 bits per heavy atom. The molecule has 4 rings (SSSR count). The Kier molecular flexibility index (Phi) is 5.02. The van der Waals surface area contributed by atoms with Crippen LogP contribution >= 0.6 is 11.3 Å². The van der Waals surface area contributed by atoms with Crippen LogP contribution in [0.1, 0.15) is 26.9 Å². The molecule has 0 aliphatic rings. The monoisotopic (exact) mass is 407 g/mol. The van der Waals surface area contributed by atoms with Gasteiger partial charge in [0.2, 0.25) is 0 Å². The molecule has 0 unspecified atom stereocenters. The first kappa shape index (κ1) is 19.1. The average Bonchev–Trinajstić information content (AvgIpc) is 3.11. The molecule has 0 atom stereocenters. The highest BCUT2D eigenvalue weighted by Crippen LogP contribution is 2.26. The summed E-state index contributed by atoms with van der Waals surface area (Å²) in [6.07, 6.45) is 3.29. The molecule has 3 heterocycles. The number of amides is 1. The Bertz CT molecular complexity index is 1210. The second-order valence-electron chi connectivity index (χ2n) is 6.75. The Morgan fingerprint density at radius 1 is 1.14 bits per heavy atom. The number of benzene rings is 1. The molecule has 6 nitrogen and oxygen atoms in total. The van der Waals surface area contributed by atoms with Gasteiger partial charge in [-0.25, -0.2) is 24.3 Å². The van der Waals surface area contributed by atoms with Crippen molar-refractivity contribution in [1.29, 1.82) is 0 Å². The Labute approximate surface area is 171 Å². The third kappa shape index (κ3) is 3.97. The summed E-state index contributed by atoms with van der Waals surface area (Å²) in [6.45, 7) is 4.10. The van der Waals surface area contributed by atoms with Gasteiger partial charge in [-0.2, -0.15) is 0 Å². The number of carbonyl (C=O) groups excluding carboxylic acids is 1. The predicted molar refractivity (Wildman–Crippen MR) is 110 cm³/mol. The van der Waals surface area contributed by atoms with Gasteiger partial charge in [0.15, 0.2) is 0 Å². The minimum Gasteiger partial charge on any atom is -0.336 e. The lowest BCUT2D eigenvalue weighted by molar-refractivity contribution is 0.0785. The maximum atomic E-state index is 13.8. The molecule has 0 bridgehead atoms. The fourth-order valence-electron chi connectivity index (χ4n) is 3.05. The highest BCUT2D eigenvalue weighted by Gasteiger charge is 2.19. The van der Waals surface area contributed by atoms with E-state index in [2.05, 4.69) is 19.9 Å². The number of carbonyl (C=O) groups is 1. The van der Waals surface area contributed by atoms with Crippen molar-refractivity contribution < 1.29 is 9.18 Å². The molecule has 1 amide bonds. The summed E-state index contributed by atoms with van der Waals surface area (Å²) in [5, 5.41) is 3.48. The zero-order chi connectivity index (χ0) is 20.5. The van der Waals surface area contributed by atoms with Crippen LogP contribution in [0.2, 0.25) is 0 Å². The van der Waals surface area contributed by atoms with Crippen LogP contribution in [0.4, 0.5) is 4.39 Å². The van der Waals surface area contributed by atoms with Gasteiger partial charge in [-0.1, -0.05) is 0 Å². The molecule has 0 aliphatic heterocycles. The van der Waals surface area contributed by atoms with E-state index in [0.29, 0.717) is 40.1 Å². The molecule has 0 radical (unpaired) electrons. The number of hydrogen-bond acceptors (Lipinski definition) is 6. The first-order chi connectivity index (χ1) is 13.9. The van der Waals surface area contributed by atoms with Gasteiger partial charge in [0.25, 0.3) is 5.91 Å². The van der Waals surface area contributed by atoms with Crippen molar-refractivity contribution in [3.05, 3.63) is 69.9 Å². The number of halogens is 1. The van der Waals surface area contributed by atoms with Crippen LogP contribution in [0, 0.1) is 19.7 Å². The Balaban J connectivity index is 1.78. The summed E-state index contributed by atoms with van der Waals surface area (Å²) in [6, 6.07) is 5.95. The zero-order valence-electron chi connectivity index (χ0n) is 16.2. The van der Waals surface area contributed by atoms with Crippen molar-refractivity contribution in [2.45, 2.75) is 20.4 Å². The lowest BCUT2D eigenvalue weighted by Crippen LogP contribution is -2.26. The third-order valence-electron chi connectivity index (χ3n) is 4.49. The van der Waals surface area contributed by atoms with Crippen LogP contribution < -0.4 is 0 Å². The number of aryl methyl sites for hydroxylation is 2. The van der Waals surface area contributed by atoms with Gasteiger partial charge in [-0.15, -0.1) is 11.3 Å². The Morgan fingerprint density at radius 2 is 1.90 bits per heavy atom. The van der Waals surface area contributed by atoms with Crippen LogP contribution in [-0.2, 0) is 6.54 Å². The highest BCUT2D eigenvalue weighted by molar-refractivity contribution is 7.09. The molecular weight excluding hydrogens is 389 g/mol. The van der Waals surface area contributed by atoms with Crippen molar-refractivity contribution in [3.63, 3.8) is 0 Å². The van der Waals surface area contributed by atoms with Crippen molar-refractivity contribution >= 4 is 28.1 Å². The number of thiazole rings is 1. The van der Waals surface area contributed by atoms with Crippen LogP contribution in [0.15, 0.2) is 42.0 Å². The van der Waals surface area contributed by atoms with Crippen LogP contribution in [0.5, 0.6) is 0 Å². The molecule has 0 saturated heterocycles. The molecular formula is C21H18FN5OS. The highest BCUT2D eigenvalue weighted by atomic mass is 32.1. The summed E-state index contributed by atoms with van der Waals surface area (Å²) in [5.41, 5.74) is 2.86. The summed E-state index contributed by atoms with van der Waals surface area (Å²) >= 11 is 1.54. The standard InChI is InChI=1S/C21H18FN5OS/c1-12-23-8-14(9-24-12)19-7-18(17-5-4-15(22)6-20(17)26-19)21(28)27(3)10-16-11-29-13(2)25-16/h4-9,11H,10H2,1-3H3. The second kappa shape index (κ2) is 7.63. The van der Waals surface area contributed by atoms with Gasteiger partial charge < -0.3 is 4.90 Å². The molecule has 146 valence electrons. The van der Waals surface area contributed by atoms with E-state index < -0.39 is 5.82 Å². The average molecular weight is 407 g/mol. The van der Waals surface area contributed by atoms with Gasteiger partial charge in [0.05, 0.1) is 34.0 Å². The molecule has 0 N–H and O–H groups in total. The topological polar surface area (TPSA) is 71.9 Å². The number of hydrogen-bond donors (Lipinski definition) is 0. The fourth-order valence-corrected chi connectivity index (χ4v) is 3.66. The predicted octanol–water partition coefficient (Wildman–Crippen LogP) is 4.18. The number of pyridine rings is 1. The maximum absolute atomic E-state index is 13.8. The van der Waals surface area contributed by atoms with Crippen LogP contribution in [0.25, 0.3) is 22.2 Å². The van der Waals surface area contributed by atoms with Gasteiger partial charge in [-0.05, 0) is 32.0 Å². The minimum absolute atomic E-state index is 0.191. The number of aromatic nitrogens is 4. The van der Waals surface area contributed by atoms with Crippen molar-refractivity contribution in [3.8, 4) is 11.3 Å². The Hall–Kier alpha value is -3.26. The van der Waals surface area contributed by atoms with E-state index in [4.69, 9.17) is 0 Å². The quantitative estimate of drug-likeness (QED) is 0.508. The van der Waals surface area contributed by atoms with E-state index in [1.165, 1.54) is 12.1 Å². The summed E-state index contributed by atoms with van der Waals surface area (Å²) in [5.74, 6) is 0.0334. The normalized spacial score (nSPS) is 11.0. The summed E-state index contributed by atoms with van der Waals surface area (Å²) in [4.78, 5) is 32.2. The van der Waals surface area contributed by atoms with E-state index in [-0.39, 0.29) is 5.91 Å². The van der Waals surface area contributed by atoms with E-state index in [1.54, 1.807) is 54.7 Å². The van der Waals surface area contributed by atoms with E-state index in [9.17, 15) is 9.18 Å². The lowest BCUT2D eigenvalue weighted by Gasteiger charge is -2.18. The fraction of sp³-hybridized carbons (Fsp3) is 0.190. The van der Waals surface area contributed by atoms with Crippen molar-refractivity contribution in [1.82, 2.24) is 24.8 Å². The number of fused-ring (bicyclic) bond motifs is 1. The van der Waals surface area contributed by atoms with Crippen LogP contribution in [-0.4, -0.2) is 37.8 Å². The SMILES string of the molecule is Cc1ncc(-c2cc(C(=O)N(C)Cc3csc(C)n3)c3ccc(F)cc3n2)cn1. The van der Waals surface area contributed by atoms with Crippen LogP contribution in [0.3, 0.4) is 0 Å². The second-order valence-corrected chi connectivity index (χ2v) is 7.82. The molecule has 1 aromatic carbocycles. The van der Waals surface area contributed by atoms with Gasteiger partial charge >= 0.3 is 0 Å². The van der Waals surface area contributed by atoms with Gasteiger partial charge in [0, 0.05) is 41.8 Å². The van der Waals surface area contributed by atoms with E-state index in [0.717, 1.165) is 10.7 Å². The molecule has 8 heteroatoms. The molecule has 29 heavy (non-hydrogen) atoms. The summed E-state index contributed by atoms with van der Waals surface area (Å²) < 4.78 is 13.8. The maximum Gasteiger partial charge on any atom is 0.254 e. The molecule has 0 aliphatic carbocycles. The van der Waals surface area contributed by atoms with Crippen molar-refractivity contribution in [2.24, 2.45) is 0 Å².